The van der Waals surface area contributed by atoms with Gasteiger partial charge in [-0.15, -0.1) is 24.0 Å². The molecule has 168 valence electrons. The van der Waals surface area contributed by atoms with Crippen molar-refractivity contribution in [2.45, 2.75) is 45.9 Å². The molecule has 2 heterocycles. The predicted molar refractivity (Wildman–Crippen MR) is 134 cm³/mol. The molecule has 1 amide bonds. The lowest BCUT2D eigenvalue weighted by Crippen LogP contribution is -2.45. The number of nitrogens with one attached hydrogen (secondary N) is 2. The smallest absolute Gasteiger partial charge is 0.222 e. The van der Waals surface area contributed by atoms with Gasteiger partial charge < -0.3 is 20.3 Å². The Balaban J connectivity index is 0.00000341. The van der Waals surface area contributed by atoms with E-state index in [1.54, 1.807) is 6.20 Å². The fourth-order valence-electron chi connectivity index (χ4n) is 3.39. The fourth-order valence-corrected chi connectivity index (χ4v) is 3.39. The number of hydrogen-bond donors (Lipinski definition) is 2. The van der Waals surface area contributed by atoms with Crippen LogP contribution >= 0.6 is 24.0 Å². The van der Waals surface area contributed by atoms with Crippen molar-refractivity contribution in [2.75, 3.05) is 19.6 Å². The van der Waals surface area contributed by atoms with Crippen molar-refractivity contribution >= 4 is 35.8 Å². The predicted octanol–water partition coefficient (Wildman–Crippen LogP) is 3.34. The Morgan fingerprint density at radius 1 is 1.26 bits per heavy atom. The highest BCUT2D eigenvalue weighted by Crippen LogP contribution is 2.16. The van der Waals surface area contributed by atoms with Gasteiger partial charge in [0.05, 0.1) is 12.2 Å². The van der Waals surface area contributed by atoms with Crippen molar-refractivity contribution in [3.05, 3.63) is 59.9 Å². The Bertz CT molecular complexity index is 847. The Kier molecular flexibility index (Phi) is 10.6. The van der Waals surface area contributed by atoms with Crippen molar-refractivity contribution in [3.63, 3.8) is 0 Å². The van der Waals surface area contributed by atoms with Gasteiger partial charge in [-0.25, -0.2) is 4.99 Å². The molecule has 1 fully saturated rings. The summed E-state index contributed by atoms with van der Waals surface area (Å²) in [6.45, 7) is 7.25. The molecule has 1 atom stereocenters. The summed E-state index contributed by atoms with van der Waals surface area (Å²) in [5.41, 5.74) is 1.96. The Morgan fingerprint density at radius 2 is 2.13 bits per heavy atom. The number of aliphatic imine (C=N–C) groups is 1. The molecule has 31 heavy (non-hydrogen) atoms. The molecule has 0 bridgehead atoms. The van der Waals surface area contributed by atoms with Gasteiger partial charge >= 0.3 is 0 Å². The average molecular weight is 537 g/mol. The van der Waals surface area contributed by atoms with E-state index >= 15 is 0 Å². The highest BCUT2D eigenvalue weighted by atomic mass is 127. The van der Waals surface area contributed by atoms with Crippen LogP contribution in [-0.2, 0) is 17.9 Å². The number of amides is 1. The van der Waals surface area contributed by atoms with E-state index in [9.17, 15) is 4.79 Å². The third kappa shape index (κ3) is 8.01. The number of carbonyl (C=O) groups is 1. The zero-order valence-corrected chi connectivity index (χ0v) is 20.5. The van der Waals surface area contributed by atoms with E-state index < -0.39 is 0 Å². The summed E-state index contributed by atoms with van der Waals surface area (Å²) >= 11 is 0. The Morgan fingerprint density at radius 3 is 2.87 bits per heavy atom. The van der Waals surface area contributed by atoms with E-state index in [2.05, 4.69) is 15.6 Å². The molecule has 1 aromatic heterocycles. The number of likely N-dealkylation sites (tertiary alicyclic amines) is 1. The lowest BCUT2D eigenvalue weighted by atomic mass is 10.2. The van der Waals surface area contributed by atoms with Gasteiger partial charge in [-0.3, -0.25) is 9.78 Å². The molecule has 3 rings (SSSR count). The van der Waals surface area contributed by atoms with Crippen LogP contribution in [0.15, 0.2) is 53.7 Å². The third-order valence-electron chi connectivity index (χ3n) is 4.96. The first kappa shape index (κ1) is 24.9. The molecular weight excluding hydrogens is 505 g/mol. The second kappa shape index (κ2) is 13.1. The van der Waals surface area contributed by atoms with E-state index in [1.165, 1.54) is 0 Å². The minimum absolute atomic E-state index is 0. The largest absolute Gasteiger partial charge is 0.487 e. The zero-order valence-electron chi connectivity index (χ0n) is 18.2. The maximum absolute atomic E-state index is 11.9. The minimum atomic E-state index is 0. The van der Waals surface area contributed by atoms with Crippen molar-refractivity contribution in [2.24, 2.45) is 4.99 Å². The number of guanidine groups is 1. The van der Waals surface area contributed by atoms with Crippen LogP contribution in [0.2, 0.25) is 0 Å². The molecule has 1 aliphatic heterocycles. The Hall–Kier alpha value is -2.36. The highest BCUT2D eigenvalue weighted by Gasteiger charge is 2.25. The van der Waals surface area contributed by atoms with Crippen LogP contribution in [0.3, 0.4) is 0 Å². The standard InChI is InChI=1S/C23H31N5O2.HI/c1-3-22(29)28-13-11-19(16-28)27-23(24-4-2)26-15-18-8-7-10-21(14-18)30-17-20-9-5-6-12-25-20;/h5-10,12,14,19H,3-4,11,13,15-17H2,1-2H3,(H2,24,26,27);1H. The fraction of sp³-hybridized carbons (Fsp3) is 0.435. The number of halogens is 1. The first-order chi connectivity index (χ1) is 14.7. The van der Waals surface area contributed by atoms with Crippen molar-refractivity contribution in [3.8, 4) is 5.75 Å². The van der Waals surface area contributed by atoms with Gasteiger partial charge in [0.15, 0.2) is 5.96 Å². The lowest BCUT2D eigenvalue weighted by Gasteiger charge is -2.18. The van der Waals surface area contributed by atoms with Gasteiger partial charge in [-0.05, 0) is 43.2 Å². The average Bonchev–Trinajstić information content (AvgIpc) is 3.25. The van der Waals surface area contributed by atoms with E-state index in [0.717, 1.165) is 49.0 Å². The van der Waals surface area contributed by atoms with Gasteiger partial charge in [0.1, 0.15) is 12.4 Å². The van der Waals surface area contributed by atoms with E-state index in [1.807, 2.05) is 61.2 Å². The molecule has 1 saturated heterocycles. The summed E-state index contributed by atoms with van der Waals surface area (Å²) < 4.78 is 5.86. The molecule has 1 unspecified atom stereocenters. The number of rotatable bonds is 8. The van der Waals surface area contributed by atoms with Gasteiger partial charge in [0.2, 0.25) is 5.91 Å². The molecule has 2 N–H and O–H groups in total. The summed E-state index contributed by atoms with van der Waals surface area (Å²) in [5.74, 6) is 1.78. The quantitative estimate of drug-likeness (QED) is 0.307. The number of nitrogens with zero attached hydrogens (tertiary/aromatic N) is 3. The molecule has 0 radical (unpaired) electrons. The molecule has 2 aromatic rings. The SMILES string of the molecule is CCNC(=NCc1cccc(OCc2ccccn2)c1)NC1CCN(C(=O)CC)C1.I. The number of ether oxygens (including phenoxy) is 1. The summed E-state index contributed by atoms with van der Waals surface area (Å²) in [6.07, 6.45) is 3.26. The van der Waals surface area contributed by atoms with Gasteiger partial charge in [0, 0.05) is 38.3 Å². The summed E-state index contributed by atoms with van der Waals surface area (Å²) in [5, 5.41) is 6.76. The van der Waals surface area contributed by atoms with Crippen molar-refractivity contribution < 1.29 is 9.53 Å². The van der Waals surface area contributed by atoms with E-state index in [4.69, 9.17) is 9.73 Å². The maximum atomic E-state index is 11.9. The summed E-state index contributed by atoms with van der Waals surface area (Å²) in [7, 11) is 0. The number of aromatic nitrogens is 1. The topological polar surface area (TPSA) is 78.9 Å². The molecular formula is C23H32IN5O2. The molecule has 8 heteroatoms. The van der Waals surface area contributed by atoms with Crippen LogP contribution in [0.1, 0.15) is 37.9 Å². The van der Waals surface area contributed by atoms with E-state index in [-0.39, 0.29) is 35.9 Å². The number of carbonyl (C=O) groups excluding carboxylic acids is 1. The normalized spacial score (nSPS) is 15.9. The second-order valence-corrected chi connectivity index (χ2v) is 7.28. The first-order valence-electron chi connectivity index (χ1n) is 10.6. The Labute approximate surface area is 201 Å². The number of hydrogen-bond acceptors (Lipinski definition) is 4. The van der Waals surface area contributed by atoms with Crippen LogP contribution in [0.4, 0.5) is 0 Å². The van der Waals surface area contributed by atoms with E-state index in [0.29, 0.717) is 19.6 Å². The molecule has 0 saturated carbocycles. The van der Waals surface area contributed by atoms with Crippen molar-refractivity contribution in [1.82, 2.24) is 20.5 Å². The zero-order chi connectivity index (χ0) is 21.2. The summed E-state index contributed by atoms with van der Waals surface area (Å²) in [6, 6.07) is 14.0. The third-order valence-corrected chi connectivity index (χ3v) is 4.96. The first-order valence-corrected chi connectivity index (χ1v) is 10.6. The maximum Gasteiger partial charge on any atom is 0.222 e. The molecule has 1 aliphatic rings. The lowest BCUT2D eigenvalue weighted by molar-refractivity contribution is -0.129. The molecule has 0 spiro atoms. The molecule has 7 nitrogen and oxygen atoms in total. The van der Waals surface area contributed by atoms with Crippen molar-refractivity contribution in [1.29, 1.82) is 0 Å². The van der Waals surface area contributed by atoms with Gasteiger partial charge in [-0.2, -0.15) is 0 Å². The highest BCUT2D eigenvalue weighted by molar-refractivity contribution is 14.0. The van der Waals surface area contributed by atoms with Crippen LogP contribution < -0.4 is 15.4 Å². The number of benzene rings is 1. The molecule has 1 aromatic carbocycles. The van der Waals surface area contributed by atoms with Crippen LogP contribution in [0.5, 0.6) is 5.75 Å². The number of pyridine rings is 1. The summed E-state index contributed by atoms with van der Waals surface area (Å²) in [4.78, 5) is 22.8. The minimum Gasteiger partial charge on any atom is -0.487 e. The van der Waals surface area contributed by atoms with Gasteiger partial charge in [-0.1, -0.05) is 25.1 Å². The second-order valence-electron chi connectivity index (χ2n) is 7.28. The van der Waals surface area contributed by atoms with Crippen LogP contribution in [-0.4, -0.2) is 47.4 Å². The molecule has 0 aliphatic carbocycles. The van der Waals surface area contributed by atoms with Gasteiger partial charge in [0.25, 0.3) is 0 Å². The van der Waals surface area contributed by atoms with Crippen LogP contribution in [0, 0.1) is 0 Å². The van der Waals surface area contributed by atoms with Crippen LogP contribution in [0.25, 0.3) is 0 Å². The monoisotopic (exact) mass is 537 g/mol.